The Hall–Kier alpha value is -1.50. The first-order valence-electron chi connectivity index (χ1n) is 10.0. The molecule has 0 saturated carbocycles. The van der Waals surface area contributed by atoms with Crippen molar-refractivity contribution in [3.8, 4) is 11.1 Å². The Balaban J connectivity index is 1.73. The van der Waals surface area contributed by atoms with Gasteiger partial charge in [0.05, 0.1) is 0 Å². The van der Waals surface area contributed by atoms with Crippen LogP contribution in [0.4, 0.5) is 0 Å². The quantitative estimate of drug-likeness (QED) is 0.375. The fraction of sp³-hybridized carbons (Fsp3) is 0.200. The van der Waals surface area contributed by atoms with Crippen LogP contribution in [0.5, 0.6) is 0 Å². The minimum absolute atomic E-state index is 0.657. The summed E-state index contributed by atoms with van der Waals surface area (Å²) in [6.45, 7) is 2.38. The Bertz CT molecular complexity index is 1110. The zero-order chi connectivity index (χ0) is 18.8. The first-order valence-corrected chi connectivity index (χ1v) is 26.0. The second kappa shape index (κ2) is 5.75. The van der Waals surface area contributed by atoms with Crippen LogP contribution >= 0.6 is 0 Å². The predicted octanol–water partition coefficient (Wildman–Crippen LogP) is 5.11. The van der Waals surface area contributed by atoms with E-state index in [0.29, 0.717) is 3.63 Å². The summed E-state index contributed by atoms with van der Waals surface area (Å²) >= 11 is -3.18. The van der Waals surface area contributed by atoms with Gasteiger partial charge >= 0.3 is 167 Å². The van der Waals surface area contributed by atoms with Crippen LogP contribution < -0.4 is 3.27 Å². The molecule has 27 heavy (non-hydrogen) atoms. The van der Waals surface area contributed by atoms with Crippen molar-refractivity contribution in [1.29, 1.82) is 0 Å². The van der Waals surface area contributed by atoms with E-state index in [1.165, 1.54) is 29.6 Å². The fourth-order valence-electron chi connectivity index (χ4n) is 5.97. The van der Waals surface area contributed by atoms with Gasteiger partial charge in [-0.3, -0.25) is 0 Å². The number of hydrogen-bond acceptors (Lipinski definition) is 0. The molecule has 0 aromatic heterocycles. The number of rotatable bonds is 2. The van der Waals surface area contributed by atoms with Crippen LogP contribution in [-0.4, -0.2) is 7.37 Å². The molecule has 135 valence electrons. The molecule has 0 aliphatic heterocycles. The Morgan fingerprint density at radius 3 is 2.41 bits per heavy atom. The summed E-state index contributed by atoms with van der Waals surface area (Å²) in [5, 5.41) is 0. The van der Waals surface area contributed by atoms with Crippen molar-refractivity contribution in [1.82, 2.24) is 0 Å². The molecule has 0 amide bonds. The molecule has 0 bridgehead atoms. The van der Waals surface area contributed by atoms with Gasteiger partial charge in [0.2, 0.25) is 0 Å². The van der Waals surface area contributed by atoms with Crippen molar-refractivity contribution >= 4 is 16.7 Å². The van der Waals surface area contributed by atoms with Gasteiger partial charge in [-0.15, -0.1) is 0 Å². The van der Waals surface area contributed by atoms with Gasteiger partial charge in [-0.2, -0.15) is 0 Å². The van der Waals surface area contributed by atoms with Crippen LogP contribution in [-0.2, 0) is 24.4 Å². The number of allylic oxidation sites excluding steroid dienone is 1. The van der Waals surface area contributed by atoms with E-state index in [0.717, 1.165) is 6.42 Å². The van der Waals surface area contributed by atoms with E-state index in [4.69, 9.17) is 0 Å². The minimum atomic E-state index is -3.18. The molecular weight excluding hydrogens is 420 g/mol. The third-order valence-electron chi connectivity index (χ3n) is 6.97. The van der Waals surface area contributed by atoms with E-state index in [1.54, 1.807) is 20.0 Å². The molecule has 0 spiro atoms. The summed E-state index contributed by atoms with van der Waals surface area (Å²) in [7, 11) is 1.29. The van der Waals surface area contributed by atoms with Crippen molar-refractivity contribution in [3.05, 3.63) is 94.6 Å². The molecule has 0 nitrogen and oxygen atoms in total. The summed E-state index contributed by atoms with van der Waals surface area (Å²) < 4.78 is 7.85. The summed E-state index contributed by atoms with van der Waals surface area (Å²) in [6, 6.07) is 25.3. The van der Waals surface area contributed by atoms with Crippen LogP contribution in [0.1, 0.15) is 32.8 Å². The molecule has 5 rings (SSSR count). The van der Waals surface area contributed by atoms with Gasteiger partial charge in [-0.05, 0) is 0 Å². The van der Waals surface area contributed by atoms with Gasteiger partial charge in [0.1, 0.15) is 0 Å². The molecule has 1 atom stereocenters. The molecule has 0 saturated heterocycles. The summed E-state index contributed by atoms with van der Waals surface area (Å²) in [4.78, 5) is 0. The van der Waals surface area contributed by atoms with E-state index in [2.05, 4.69) is 89.0 Å². The van der Waals surface area contributed by atoms with Crippen molar-refractivity contribution in [3.63, 3.8) is 0 Å². The molecule has 0 fully saturated rings. The maximum atomic E-state index is 2.72. The third-order valence-corrected chi connectivity index (χ3v) is 26.3. The van der Waals surface area contributed by atoms with E-state index in [9.17, 15) is 0 Å². The van der Waals surface area contributed by atoms with Gasteiger partial charge in [0, 0.05) is 0 Å². The van der Waals surface area contributed by atoms with Crippen LogP contribution in [0.3, 0.4) is 0 Å². The standard InChI is InChI=1S/C13H9.C10H9.2CH3.H3Si.Zr/c1-3-7-12-10(5-1)9-11-6-2-4-8-13(11)12;1-8-6-9-4-2-3-5-10(9)7-8;;;;/h1-5,7-8H,9H2;2-7H,1H3;3*1H3;. The zero-order valence-electron chi connectivity index (χ0n) is 16.7. The van der Waals surface area contributed by atoms with Crippen LogP contribution in [0.2, 0.25) is 9.26 Å². The van der Waals surface area contributed by atoms with Crippen LogP contribution in [0.25, 0.3) is 17.2 Å². The third kappa shape index (κ3) is 2.50. The van der Waals surface area contributed by atoms with E-state index >= 15 is 0 Å². The Morgan fingerprint density at radius 2 is 1.56 bits per heavy atom. The molecule has 2 aliphatic rings. The summed E-state index contributed by atoms with van der Waals surface area (Å²) in [5.41, 5.74) is 10.7. The SMILES string of the molecule is CC1=Cc2ccccc2[CH]1[Zr]([CH3])([CH3])([SiH3])[c]1cccc2c1Cc1ccccc1-2. The topological polar surface area (TPSA) is 0 Å². The van der Waals surface area contributed by atoms with Gasteiger partial charge in [-0.25, -0.2) is 0 Å². The maximum absolute atomic E-state index is 3.18. The van der Waals surface area contributed by atoms with Gasteiger partial charge in [0.15, 0.2) is 0 Å². The van der Waals surface area contributed by atoms with Crippen LogP contribution in [0.15, 0.2) is 72.3 Å². The molecular formula is C25H27SiZr. The van der Waals surface area contributed by atoms with Crippen LogP contribution in [0, 0.1) is 0 Å². The predicted molar refractivity (Wildman–Crippen MR) is 119 cm³/mol. The van der Waals surface area contributed by atoms with Gasteiger partial charge in [0.25, 0.3) is 0 Å². The number of fused-ring (bicyclic) bond motifs is 4. The number of hydrogen-bond donors (Lipinski definition) is 0. The van der Waals surface area contributed by atoms with E-state index < -0.39 is 17.9 Å². The molecule has 2 aliphatic carbocycles. The molecule has 3 aromatic carbocycles. The Labute approximate surface area is 165 Å². The fourth-order valence-corrected chi connectivity index (χ4v) is 26.4. The Morgan fingerprint density at radius 1 is 0.852 bits per heavy atom. The summed E-state index contributed by atoms with van der Waals surface area (Å²) in [5.74, 6) is 0. The van der Waals surface area contributed by atoms with Gasteiger partial charge in [-0.1, -0.05) is 0 Å². The van der Waals surface area contributed by atoms with Crippen molar-refractivity contribution in [2.24, 2.45) is 0 Å². The first-order chi connectivity index (χ1) is 12.9. The monoisotopic (exact) mass is 445 g/mol. The van der Waals surface area contributed by atoms with Crippen molar-refractivity contribution < 1.29 is 17.9 Å². The molecule has 0 radical (unpaired) electrons. The molecule has 0 heterocycles. The number of benzene rings is 3. The zero-order valence-corrected chi connectivity index (χ0v) is 21.2. The average Bonchev–Trinajstić information content (AvgIpc) is 3.18. The van der Waals surface area contributed by atoms with E-state index in [-0.39, 0.29) is 0 Å². The van der Waals surface area contributed by atoms with E-state index in [1.807, 2.05) is 0 Å². The van der Waals surface area contributed by atoms with Crippen molar-refractivity contribution in [2.75, 3.05) is 0 Å². The van der Waals surface area contributed by atoms with Crippen molar-refractivity contribution in [2.45, 2.75) is 26.2 Å². The summed E-state index contributed by atoms with van der Waals surface area (Å²) in [6.07, 6.45) is 3.57. The first kappa shape index (κ1) is 17.6. The van der Waals surface area contributed by atoms with Gasteiger partial charge < -0.3 is 0 Å². The normalized spacial score (nSPS) is 19.0. The second-order valence-corrected chi connectivity index (χ2v) is 46.9. The molecule has 2 heteroatoms. The molecule has 0 N–H and O–H groups in total. The molecule has 1 unspecified atom stereocenters. The second-order valence-electron chi connectivity index (χ2n) is 9.88. The molecule has 3 aromatic rings. The Kier molecular flexibility index (Phi) is 3.75. The average molecular weight is 447 g/mol.